The van der Waals surface area contributed by atoms with Crippen LogP contribution in [-0.4, -0.2) is 20.8 Å². The first-order valence-electron chi connectivity index (χ1n) is 7.23. The number of likely N-dealkylation sites (N-methyl/N-ethyl adjacent to an activating group) is 1. The van der Waals surface area contributed by atoms with Crippen molar-refractivity contribution in [3.63, 3.8) is 0 Å². The van der Waals surface area contributed by atoms with Gasteiger partial charge in [-0.2, -0.15) is 0 Å². The Balaban J connectivity index is 2.08. The first-order valence-corrected chi connectivity index (χ1v) is 7.23. The molecule has 0 aliphatic carbocycles. The zero-order chi connectivity index (χ0) is 15.1. The van der Waals surface area contributed by atoms with Gasteiger partial charge in [-0.3, -0.25) is 0 Å². The van der Waals surface area contributed by atoms with E-state index in [0.29, 0.717) is 6.42 Å². The first kappa shape index (κ1) is 15.7. The van der Waals surface area contributed by atoms with E-state index in [1.165, 1.54) is 17.2 Å². The fourth-order valence-corrected chi connectivity index (χ4v) is 2.41. The standard InChI is InChI=1S/C18H22FNO/c1-20-18(13-16-5-3-4-6-17(16)19)15-9-7-14(8-10-15)11-12-21-2/h3-10,18,20H,11-13H2,1-2H3. The number of hydrogen-bond donors (Lipinski definition) is 1. The van der Waals surface area contributed by atoms with Gasteiger partial charge in [0.05, 0.1) is 6.61 Å². The van der Waals surface area contributed by atoms with Crippen LogP contribution in [0.5, 0.6) is 0 Å². The van der Waals surface area contributed by atoms with Crippen LogP contribution < -0.4 is 5.32 Å². The fraction of sp³-hybridized carbons (Fsp3) is 0.333. The zero-order valence-corrected chi connectivity index (χ0v) is 12.6. The van der Waals surface area contributed by atoms with Crippen LogP contribution >= 0.6 is 0 Å². The summed E-state index contributed by atoms with van der Waals surface area (Å²) in [5.41, 5.74) is 3.16. The lowest BCUT2D eigenvalue weighted by molar-refractivity contribution is 0.202. The van der Waals surface area contributed by atoms with Gasteiger partial charge >= 0.3 is 0 Å². The molecule has 2 aromatic carbocycles. The molecular weight excluding hydrogens is 265 g/mol. The van der Waals surface area contributed by atoms with E-state index in [1.807, 2.05) is 19.2 Å². The van der Waals surface area contributed by atoms with Gasteiger partial charge in [-0.15, -0.1) is 0 Å². The van der Waals surface area contributed by atoms with E-state index in [1.54, 1.807) is 13.2 Å². The van der Waals surface area contributed by atoms with Gasteiger partial charge < -0.3 is 10.1 Å². The smallest absolute Gasteiger partial charge is 0.126 e. The molecule has 2 nitrogen and oxygen atoms in total. The van der Waals surface area contributed by atoms with Crippen LogP contribution in [0, 0.1) is 5.82 Å². The van der Waals surface area contributed by atoms with Crippen LogP contribution in [0.1, 0.15) is 22.7 Å². The Kier molecular flexibility index (Phi) is 5.90. The van der Waals surface area contributed by atoms with Crippen LogP contribution in [0.25, 0.3) is 0 Å². The van der Waals surface area contributed by atoms with E-state index >= 15 is 0 Å². The first-order chi connectivity index (χ1) is 10.2. The summed E-state index contributed by atoms with van der Waals surface area (Å²) in [6.07, 6.45) is 1.55. The van der Waals surface area contributed by atoms with Crippen molar-refractivity contribution in [2.24, 2.45) is 0 Å². The van der Waals surface area contributed by atoms with Crippen molar-refractivity contribution in [3.05, 3.63) is 71.0 Å². The van der Waals surface area contributed by atoms with Gasteiger partial charge in [0, 0.05) is 13.2 Å². The minimum Gasteiger partial charge on any atom is -0.384 e. The molecule has 1 N–H and O–H groups in total. The molecule has 0 radical (unpaired) electrons. The van der Waals surface area contributed by atoms with E-state index in [4.69, 9.17) is 4.74 Å². The normalized spacial score (nSPS) is 12.3. The average molecular weight is 287 g/mol. The topological polar surface area (TPSA) is 21.3 Å². The summed E-state index contributed by atoms with van der Waals surface area (Å²) in [6, 6.07) is 15.5. The molecule has 3 heteroatoms. The van der Waals surface area contributed by atoms with Gasteiger partial charge in [0.15, 0.2) is 0 Å². The maximum Gasteiger partial charge on any atom is 0.126 e. The SMILES string of the molecule is CNC(Cc1ccccc1F)c1ccc(CCOC)cc1. The highest BCUT2D eigenvalue weighted by molar-refractivity contribution is 5.28. The van der Waals surface area contributed by atoms with Gasteiger partial charge in [0.2, 0.25) is 0 Å². The molecular formula is C18H22FNO. The molecule has 1 atom stereocenters. The molecule has 2 rings (SSSR count). The number of halogens is 1. The Bertz CT molecular complexity index is 553. The Morgan fingerprint density at radius 2 is 1.81 bits per heavy atom. The number of hydrogen-bond acceptors (Lipinski definition) is 2. The van der Waals surface area contributed by atoms with E-state index in [0.717, 1.165) is 18.6 Å². The number of benzene rings is 2. The molecule has 0 heterocycles. The van der Waals surface area contributed by atoms with Gasteiger partial charge in [0.25, 0.3) is 0 Å². The van der Waals surface area contributed by atoms with Crippen LogP contribution in [0.2, 0.25) is 0 Å². The summed E-state index contributed by atoms with van der Waals surface area (Å²) in [5.74, 6) is -0.144. The lowest BCUT2D eigenvalue weighted by Crippen LogP contribution is -2.19. The summed E-state index contributed by atoms with van der Waals surface area (Å²) >= 11 is 0. The number of methoxy groups -OCH3 is 1. The summed E-state index contributed by atoms with van der Waals surface area (Å²) < 4.78 is 18.8. The third-order valence-corrected chi connectivity index (χ3v) is 3.71. The summed E-state index contributed by atoms with van der Waals surface area (Å²) in [4.78, 5) is 0. The fourth-order valence-electron chi connectivity index (χ4n) is 2.41. The lowest BCUT2D eigenvalue weighted by atomic mass is 9.97. The maximum atomic E-state index is 13.8. The second kappa shape index (κ2) is 7.91. The Morgan fingerprint density at radius 1 is 1.10 bits per heavy atom. The second-order valence-corrected chi connectivity index (χ2v) is 5.12. The molecule has 0 aromatic heterocycles. The van der Waals surface area contributed by atoms with Gasteiger partial charge in [0.1, 0.15) is 5.82 Å². The highest BCUT2D eigenvalue weighted by Crippen LogP contribution is 2.20. The second-order valence-electron chi connectivity index (χ2n) is 5.12. The molecule has 2 aromatic rings. The highest BCUT2D eigenvalue weighted by atomic mass is 19.1. The van der Waals surface area contributed by atoms with Crippen molar-refractivity contribution in [2.45, 2.75) is 18.9 Å². The number of rotatable bonds is 7. The summed E-state index contributed by atoms with van der Waals surface area (Å²) in [7, 11) is 3.62. The van der Waals surface area contributed by atoms with Crippen molar-refractivity contribution in [1.29, 1.82) is 0 Å². The third-order valence-electron chi connectivity index (χ3n) is 3.71. The molecule has 21 heavy (non-hydrogen) atoms. The quantitative estimate of drug-likeness (QED) is 0.841. The summed E-state index contributed by atoms with van der Waals surface area (Å²) in [6.45, 7) is 0.726. The Morgan fingerprint density at radius 3 is 2.43 bits per heavy atom. The highest BCUT2D eigenvalue weighted by Gasteiger charge is 2.12. The average Bonchev–Trinajstić information content (AvgIpc) is 2.53. The molecule has 0 aliphatic heterocycles. The Hall–Kier alpha value is -1.71. The van der Waals surface area contributed by atoms with E-state index in [-0.39, 0.29) is 11.9 Å². The predicted molar refractivity (Wildman–Crippen MR) is 83.9 cm³/mol. The minimum atomic E-state index is -0.144. The molecule has 0 spiro atoms. The minimum absolute atomic E-state index is 0.110. The van der Waals surface area contributed by atoms with Crippen molar-refractivity contribution in [2.75, 3.05) is 20.8 Å². The van der Waals surface area contributed by atoms with Crippen molar-refractivity contribution >= 4 is 0 Å². The zero-order valence-electron chi connectivity index (χ0n) is 12.6. The molecule has 112 valence electrons. The predicted octanol–water partition coefficient (Wildman–Crippen LogP) is 3.52. The van der Waals surface area contributed by atoms with Gasteiger partial charge in [-0.05, 0) is 42.6 Å². The van der Waals surface area contributed by atoms with Crippen molar-refractivity contribution in [3.8, 4) is 0 Å². The Labute approximate surface area is 126 Å². The van der Waals surface area contributed by atoms with E-state index in [2.05, 4.69) is 29.6 Å². The molecule has 0 saturated heterocycles. The lowest BCUT2D eigenvalue weighted by Gasteiger charge is -2.17. The van der Waals surface area contributed by atoms with E-state index < -0.39 is 0 Å². The largest absolute Gasteiger partial charge is 0.384 e. The van der Waals surface area contributed by atoms with Gasteiger partial charge in [-0.1, -0.05) is 42.5 Å². The van der Waals surface area contributed by atoms with Crippen LogP contribution in [0.3, 0.4) is 0 Å². The van der Waals surface area contributed by atoms with Crippen LogP contribution in [0.4, 0.5) is 4.39 Å². The molecule has 0 saturated carbocycles. The maximum absolute atomic E-state index is 13.8. The molecule has 0 bridgehead atoms. The van der Waals surface area contributed by atoms with Crippen LogP contribution in [0.15, 0.2) is 48.5 Å². The van der Waals surface area contributed by atoms with Gasteiger partial charge in [-0.25, -0.2) is 4.39 Å². The van der Waals surface area contributed by atoms with Crippen molar-refractivity contribution < 1.29 is 9.13 Å². The molecule has 0 aliphatic rings. The molecule has 1 unspecified atom stereocenters. The number of ether oxygens (including phenoxy) is 1. The summed E-state index contributed by atoms with van der Waals surface area (Å²) in [5, 5.41) is 3.27. The van der Waals surface area contributed by atoms with E-state index in [9.17, 15) is 4.39 Å². The number of nitrogens with one attached hydrogen (secondary N) is 1. The monoisotopic (exact) mass is 287 g/mol. The third kappa shape index (κ3) is 4.38. The van der Waals surface area contributed by atoms with Crippen LogP contribution in [-0.2, 0) is 17.6 Å². The van der Waals surface area contributed by atoms with Crippen molar-refractivity contribution in [1.82, 2.24) is 5.32 Å². The molecule has 0 amide bonds. The molecule has 0 fully saturated rings.